The van der Waals surface area contributed by atoms with E-state index in [0.29, 0.717) is 44.6 Å². The third-order valence-electron chi connectivity index (χ3n) is 4.94. The van der Waals surface area contributed by atoms with Crippen molar-refractivity contribution < 1.29 is 0 Å². The van der Waals surface area contributed by atoms with E-state index in [4.69, 9.17) is 29.6 Å². The number of rotatable bonds is 5. The monoisotopic (exact) mass is 420 g/mol. The molecule has 0 spiro atoms. The molecule has 7 nitrogen and oxygen atoms in total. The number of nitrogens with zero attached hydrogens (tertiary/aromatic N) is 3. The Morgan fingerprint density at radius 3 is 2.77 bits per heavy atom. The maximum atomic E-state index is 12.2. The number of nitrogens with two attached hydrogens (primary N) is 2. The van der Waals surface area contributed by atoms with Gasteiger partial charge in [-0.1, -0.05) is 36.7 Å². The van der Waals surface area contributed by atoms with E-state index in [1.807, 2.05) is 25.1 Å². The zero-order valence-corrected chi connectivity index (χ0v) is 17.4. The first-order valence-corrected chi connectivity index (χ1v) is 9.68. The van der Waals surface area contributed by atoms with Crippen LogP contribution < -0.4 is 17.0 Å². The normalized spacial score (nSPS) is 12.2. The molecule has 30 heavy (non-hydrogen) atoms. The number of H-pyrrole nitrogens is 1. The molecule has 0 aliphatic carbocycles. The van der Waals surface area contributed by atoms with Crippen LogP contribution in [0.1, 0.15) is 29.3 Å². The molecule has 1 aromatic heterocycles. The molecule has 3 rings (SSSR count). The summed E-state index contributed by atoms with van der Waals surface area (Å²) >= 11 is 6.45. The summed E-state index contributed by atoms with van der Waals surface area (Å²) in [5.74, 6) is 0. The molecule has 0 atom stereocenters. The summed E-state index contributed by atoms with van der Waals surface area (Å²) in [7, 11) is 1.64. The number of para-hydroxylation sites is 1. The molecule has 0 saturated heterocycles. The van der Waals surface area contributed by atoms with Gasteiger partial charge in [-0.05, 0) is 29.7 Å². The van der Waals surface area contributed by atoms with Gasteiger partial charge >= 0.3 is 0 Å². The van der Waals surface area contributed by atoms with Gasteiger partial charge in [0.15, 0.2) is 5.69 Å². The number of halogens is 1. The van der Waals surface area contributed by atoms with Gasteiger partial charge in [0, 0.05) is 36.3 Å². The van der Waals surface area contributed by atoms with Gasteiger partial charge in [-0.25, -0.2) is 9.94 Å². The number of hydrogen-bond donors (Lipinski definition) is 3. The Morgan fingerprint density at radius 2 is 2.17 bits per heavy atom. The van der Waals surface area contributed by atoms with Crippen LogP contribution in [0.5, 0.6) is 0 Å². The highest BCUT2D eigenvalue weighted by Crippen LogP contribution is 2.33. The average molecular weight is 421 g/mol. The zero-order valence-electron chi connectivity index (χ0n) is 16.7. The molecule has 0 aliphatic heterocycles. The van der Waals surface area contributed by atoms with Gasteiger partial charge in [0.1, 0.15) is 0 Å². The van der Waals surface area contributed by atoms with Crippen molar-refractivity contribution in [1.82, 2.24) is 10.2 Å². The predicted octanol–water partition coefficient (Wildman–Crippen LogP) is 3.57. The summed E-state index contributed by atoms with van der Waals surface area (Å²) in [5.41, 5.74) is 15.9. The Labute approximate surface area is 178 Å². The first-order valence-electron chi connectivity index (χ1n) is 9.30. The van der Waals surface area contributed by atoms with E-state index in [0.717, 1.165) is 12.0 Å². The minimum absolute atomic E-state index is 0.129. The van der Waals surface area contributed by atoms with Crippen molar-refractivity contribution in [3.8, 4) is 0 Å². The fourth-order valence-electron chi connectivity index (χ4n) is 3.51. The Balaban J connectivity index is 2.28. The Bertz CT molecular complexity index is 1280. The van der Waals surface area contributed by atoms with Crippen LogP contribution in [0, 0.1) is 6.57 Å². The van der Waals surface area contributed by atoms with E-state index >= 15 is 0 Å². The molecular formula is C22H21ClN6O. The van der Waals surface area contributed by atoms with Crippen LogP contribution >= 0.6 is 11.6 Å². The van der Waals surface area contributed by atoms with Gasteiger partial charge in [0.2, 0.25) is 0 Å². The standard InChI is InChI=1S/C22H21ClN6O/c1-4-12-6-5-7-14(20(12)26-2)21(27-3)16(10-24)13-8-15-18(11-25)28-29-22(30)19(15)17(23)9-13/h5-10H,4,11,24-25H2,1,3H3,(H,29,30)/b16-10-,27-21?. The van der Waals surface area contributed by atoms with Gasteiger partial charge in [-0.3, -0.25) is 9.79 Å². The Kier molecular flexibility index (Phi) is 6.31. The highest BCUT2D eigenvalue weighted by Gasteiger charge is 2.19. The smallest absolute Gasteiger partial charge is 0.273 e. The lowest BCUT2D eigenvalue weighted by Gasteiger charge is -2.16. The second-order valence-corrected chi connectivity index (χ2v) is 6.92. The van der Waals surface area contributed by atoms with E-state index in [1.54, 1.807) is 19.2 Å². The van der Waals surface area contributed by atoms with Crippen molar-refractivity contribution in [2.45, 2.75) is 19.9 Å². The number of aliphatic imine (C=N–C) groups is 1. The summed E-state index contributed by atoms with van der Waals surface area (Å²) in [5, 5.41) is 7.56. The first-order chi connectivity index (χ1) is 14.5. The molecule has 0 bridgehead atoms. The fraction of sp³-hybridized carbons (Fsp3) is 0.182. The second kappa shape index (κ2) is 8.91. The number of aryl methyl sites for hydroxylation is 1. The number of aromatic amines is 1. The van der Waals surface area contributed by atoms with Gasteiger partial charge in [-0.15, -0.1) is 0 Å². The van der Waals surface area contributed by atoms with Gasteiger partial charge in [0.05, 0.1) is 28.4 Å². The quantitative estimate of drug-likeness (QED) is 0.432. The van der Waals surface area contributed by atoms with E-state index < -0.39 is 5.56 Å². The summed E-state index contributed by atoms with van der Waals surface area (Å²) in [6.45, 7) is 9.78. The van der Waals surface area contributed by atoms with Gasteiger partial charge in [-0.2, -0.15) is 5.10 Å². The van der Waals surface area contributed by atoms with Crippen molar-refractivity contribution in [2.24, 2.45) is 16.5 Å². The van der Waals surface area contributed by atoms with E-state index in [9.17, 15) is 4.79 Å². The zero-order chi connectivity index (χ0) is 21.8. The van der Waals surface area contributed by atoms with Crippen molar-refractivity contribution in [3.63, 3.8) is 0 Å². The van der Waals surface area contributed by atoms with Gasteiger partial charge < -0.3 is 11.5 Å². The van der Waals surface area contributed by atoms with Crippen molar-refractivity contribution in [1.29, 1.82) is 0 Å². The van der Waals surface area contributed by atoms with Crippen molar-refractivity contribution >= 4 is 39.3 Å². The molecule has 152 valence electrons. The molecule has 0 unspecified atom stereocenters. The molecule has 5 N–H and O–H groups in total. The number of fused-ring (bicyclic) bond motifs is 1. The van der Waals surface area contributed by atoms with Gasteiger partial charge in [0.25, 0.3) is 5.56 Å². The first kappa shape index (κ1) is 21.2. The van der Waals surface area contributed by atoms with Crippen LogP contribution in [-0.4, -0.2) is 23.0 Å². The third-order valence-corrected chi connectivity index (χ3v) is 5.24. The Hall–Kier alpha value is -3.47. The lowest BCUT2D eigenvalue weighted by molar-refractivity contribution is 0.900. The molecule has 8 heteroatoms. The van der Waals surface area contributed by atoms with E-state index in [1.165, 1.54) is 6.20 Å². The topological polar surface area (TPSA) is 115 Å². The van der Waals surface area contributed by atoms with Crippen LogP contribution in [0.3, 0.4) is 0 Å². The number of hydrogen-bond acceptors (Lipinski definition) is 5. The summed E-state index contributed by atoms with van der Waals surface area (Å²) in [4.78, 5) is 20.4. The molecule has 0 amide bonds. The second-order valence-electron chi connectivity index (χ2n) is 6.52. The number of benzene rings is 2. The summed E-state index contributed by atoms with van der Waals surface area (Å²) in [6, 6.07) is 9.10. The predicted molar refractivity (Wildman–Crippen MR) is 122 cm³/mol. The Morgan fingerprint density at radius 1 is 1.40 bits per heavy atom. The number of aromatic nitrogens is 2. The van der Waals surface area contributed by atoms with E-state index in [-0.39, 0.29) is 11.6 Å². The van der Waals surface area contributed by atoms with E-state index in [2.05, 4.69) is 20.0 Å². The van der Waals surface area contributed by atoms with Crippen molar-refractivity contribution in [3.05, 3.63) is 85.7 Å². The van der Waals surface area contributed by atoms with Crippen LogP contribution in [0.4, 0.5) is 5.69 Å². The largest absolute Gasteiger partial charge is 0.404 e. The molecule has 0 saturated carbocycles. The molecule has 1 heterocycles. The average Bonchev–Trinajstić information content (AvgIpc) is 2.76. The minimum atomic E-state index is -0.396. The van der Waals surface area contributed by atoms with Crippen molar-refractivity contribution in [2.75, 3.05) is 7.05 Å². The maximum Gasteiger partial charge on any atom is 0.273 e. The van der Waals surface area contributed by atoms with Crippen LogP contribution in [0.15, 0.2) is 46.3 Å². The minimum Gasteiger partial charge on any atom is -0.404 e. The number of allylic oxidation sites excluding steroid dienone is 1. The molecule has 0 radical (unpaired) electrons. The fourth-order valence-corrected chi connectivity index (χ4v) is 3.81. The molecular weight excluding hydrogens is 400 g/mol. The molecule has 2 aromatic carbocycles. The summed E-state index contributed by atoms with van der Waals surface area (Å²) in [6.07, 6.45) is 2.15. The summed E-state index contributed by atoms with van der Waals surface area (Å²) < 4.78 is 0. The molecule has 3 aromatic rings. The number of nitrogens with one attached hydrogen (secondary N) is 1. The van der Waals surface area contributed by atoms with Crippen LogP contribution in [0.25, 0.3) is 21.2 Å². The SMILES string of the molecule is [C-]#[N+]c1c(CC)cccc1C(=NC)/C(=C\N)c1cc(Cl)c2c(=O)[nH]nc(CN)c2c1. The molecule has 0 fully saturated rings. The van der Waals surface area contributed by atoms with Crippen LogP contribution in [-0.2, 0) is 13.0 Å². The lowest BCUT2D eigenvalue weighted by atomic mass is 9.92. The molecule has 0 aliphatic rings. The maximum absolute atomic E-state index is 12.2. The van der Waals surface area contributed by atoms with Crippen LogP contribution in [0.2, 0.25) is 5.02 Å². The lowest BCUT2D eigenvalue weighted by Crippen LogP contribution is -2.14. The third kappa shape index (κ3) is 3.59. The highest BCUT2D eigenvalue weighted by molar-refractivity contribution is 6.37. The highest BCUT2D eigenvalue weighted by atomic mass is 35.5.